The molecule has 0 saturated carbocycles. The summed E-state index contributed by atoms with van der Waals surface area (Å²) in [4.78, 5) is 0. The van der Waals surface area contributed by atoms with Gasteiger partial charge < -0.3 is 5.11 Å². The van der Waals surface area contributed by atoms with Crippen LogP contribution < -0.4 is 0 Å². The summed E-state index contributed by atoms with van der Waals surface area (Å²) in [6.07, 6.45) is 4.89. The fourth-order valence-electron chi connectivity index (χ4n) is 1.42. The zero-order chi connectivity index (χ0) is 9.45. The zero-order valence-corrected chi connectivity index (χ0v) is 8.27. The summed E-state index contributed by atoms with van der Waals surface area (Å²) in [5, 5.41) is 8.84. The van der Waals surface area contributed by atoms with Crippen molar-refractivity contribution in [2.75, 3.05) is 6.61 Å². The quantitative estimate of drug-likeness (QED) is 0.591. The summed E-state index contributed by atoms with van der Waals surface area (Å²) in [6.45, 7) is 3.73. The molecule has 0 aliphatic heterocycles. The Hall–Kier alpha value is -0.110. The molecule has 0 amide bonds. The SMILES string of the molecule is CCCCCC(F)(CO)CCC. The Balaban J connectivity index is 3.63. The highest BCUT2D eigenvalue weighted by Crippen LogP contribution is 2.24. The Morgan fingerprint density at radius 3 is 2.17 bits per heavy atom. The van der Waals surface area contributed by atoms with Gasteiger partial charge in [-0.25, -0.2) is 4.39 Å². The van der Waals surface area contributed by atoms with Gasteiger partial charge in [-0.05, 0) is 12.8 Å². The van der Waals surface area contributed by atoms with Gasteiger partial charge >= 0.3 is 0 Å². The molecule has 2 heteroatoms. The minimum Gasteiger partial charge on any atom is -0.393 e. The van der Waals surface area contributed by atoms with E-state index in [1.54, 1.807) is 0 Å². The van der Waals surface area contributed by atoms with E-state index in [4.69, 9.17) is 5.11 Å². The largest absolute Gasteiger partial charge is 0.393 e. The minimum atomic E-state index is -1.30. The number of aliphatic hydroxyl groups is 1. The van der Waals surface area contributed by atoms with Crippen LogP contribution in [0.3, 0.4) is 0 Å². The van der Waals surface area contributed by atoms with E-state index in [9.17, 15) is 4.39 Å². The average molecular weight is 176 g/mol. The molecule has 1 N–H and O–H groups in total. The Morgan fingerprint density at radius 2 is 1.75 bits per heavy atom. The molecule has 1 nitrogen and oxygen atoms in total. The summed E-state index contributed by atoms with van der Waals surface area (Å²) in [5.41, 5.74) is -1.30. The van der Waals surface area contributed by atoms with Gasteiger partial charge in [-0.1, -0.05) is 39.5 Å². The van der Waals surface area contributed by atoms with Crippen molar-refractivity contribution < 1.29 is 9.50 Å². The second kappa shape index (κ2) is 6.41. The summed E-state index contributed by atoms with van der Waals surface area (Å²) in [7, 11) is 0. The Kier molecular flexibility index (Phi) is 6.35. The Bertz CT molecular complexity index is 106. The van der Waals surface area contributed by atoms with Gasteiger partial charge in [0.2, 0.25) is 0 Å². The lowest BCUT2D eigenvalue weighted by Gasteiger charge is -2.21. The lowest BCUT2D eigenvalue weighted by molar-refractivity contribution is 0.0514. The van der Waals surface area contributed by atoms with E-state index in [0.717, 1.165) is 25.7 Å². The first-order chi connectivity index (χ1) is 5.68. The molecule has 0 aliphatic carbocycles. The van der Waals surface area contributed by atoms with Gasteiger partial charge in [-0.3, -0.25) is 0 Å². The van der Waals surface area contributed by atoms with Gasteiger partial charge in [-0.2, -0.15) is 0 Å². The van der Waals surface area contributed by atoms with Crippen LogP contribution in [0.5, 0.6) is 0 Å². The van der Waals surface area contributed by atoms with Gasteiger partial charge in [0.25, 0.3) is 0 Å². The molecule has 0 aromatic rings. The molecule has 1 atom stereocenters. The molecule has 0 aliphatic rings. The summed E-state index contributed by atoms with van der Waals surface area (Å²) in [5.74, 6) is 0. The van der Waals surface area contributed by atoms with Crippen LogP contribution >= 0.6 is 0 Å². The highest BCUT2D eigenvalue weighted by atomic mass is 19.1. The maximum atomic E-state index is 13.6. The molecule has 0 aromatic heterocycles. The fourth-order valence-corrected chi connectivity index (χ4v) is 1.42. The van der Waals surface area contributed by atoms with Crippen LogP contribution in [-0.2, 0) is 0 Å². The monoisotopic (exact) mass is 176 g/mol. The summed E-state index contributed by atoms with van der Waals surface area (Å²) < 4.78 is 13.6. The van der Waals surface area contributed by atoms with Crippen molar-refractivity contribution in [2.45, 2.75) is 58.0 Å². The van der Waals surface area contributed by atoms with E-state index in [0.29, 0.717) is 12.8 Å². The standard InChI is InChI=1S/C10H21FO/c1-3-5-6-8-10(11,9-12)7-4-2/h12H,3-9H2,1-2H3. The van der Waals surface area contributed by atoms with E-state index in [1.807, 2.05) is 6.92 Å². The molecule has 0 rings (SSSR count). The van der Waals surface area contributed by atoms with Gasteiger partial charge in [0.15, 0.2) is 0 Å². The van der Waals surface area contributed by atoms with E-state index < -0.39 is 5.67 Å². The second-order valence-corrected chi connectivity index (χ2v) is 3.52. The molecular formula is C10H21FO. The molecular weight excluding hydrogens is 155 g/mol. The molecule has 0 aromatic carbocycles. The van der Waals surface area contributed by atoms with Gasteiger partial charge in [-0.15, -0.1) is 0 Å². The van der Waals surface area contributed by atoms with Gasteiger partial charge in [0.1, 0.15) is 5.67 Å². The van der Waals surface area contributed by atoms with Crippen molar-refractivity contribution in [3.05, 3.63) is 0 Å². The van der Waals surface area contributed by atoms with Crippen molar-refractivity contribution in [3.8, 4) is 0 Å². The molecule has 0 heterocycles. The van der Waals surface area contributed by atoms with Crippen LogP contribution in [0.1, 0.15) is 52.4 Å². The van der Waals surface area contributed by atoms with Crippen molar-refractivity contribution in [1.82, 2.24) is 0 Å². The first kappa shape index (κ1) is 11.9. The third-order valence-electron chi connectivity index (χ3n) is 2.21. The predicted molar refractivity (Wildman–Crippen MR) is 50.0 cm³/mol. The third-order valence-corrected chi connectivity index (χ3v) is 2.21. The smallest absolute Gasteiger partial charge is 0.133 e. The predicted octanol–water partition coefficient (Wildman–Crippen LogP) is 3.07. The number of rotatable bonds is 7. The average Bonchev–Trinajstić information content (AvgIpc) is 2.06. The Morgan fingerprint density at radius 1 is 1.08 bits per heavy atom. The first-order valence-corrected chi connectivity index (χ1v) is 4.98. The molecule has 0 bridgehead atoms. The number of hydrogen-bond acceptors (Lipinski definition) is 1. The highest BCUT2D eigenvalue weighted by molar-refractivity contribution is 4.77. The van der Waals surface area contributed by atoms with E-state index >= 15 is 0 Å². The molecule has 1 unspecified atom stereocenters. The van der Waals surface area contributed by atoms with Crippen LogP contribution in [0.2, 0.25) is 0 Å². The van der Waals surface area contributed by atoms with Crippen LogP contribution in [0.15, 0.2) is 0 Å². The lowest BCUT2D eigenvalue weighted by Crippen LogP contribution is -2.27. The maximum absolute atomic E-state index is 13.6. The molecule has 12 heavy (non-hydrogen) atoms. The zero-order valence-electron chi connectivity index (χ0n) is 8.27. The molecule has 0 fully saturated rings. The molecule has 0 saturated heterocycles. The molecule has 0 spiro atoms. The number of halogens is 1. The van der Waals surface area contributed by atoms with Crippen LogP contribution in [0, 0.1) is 0 Å². The Labute approximate surface area is 75.0 Å². The third kappa shape index (κ3) is 4.70. The lowest BCUT2D eigenvalue weighted by atomic mass is 9.94. The van der Waals surface area contributed by atoms with Gasteiger partial charge in [0, 0.05) is 0 Å². The number of unbranched alkanes of at least 4 members (excludes halogenated alkanes) is 2. The summed E-state index contributed by atoms with van der Waals surface area (Å²) >= 11 is 0. The van der Waals surface area contributed by atoms with Crippen molar-refractivity contribution in [3.63, 3.8) is 0 Å². The summed E-state index contributed by atoms with van der Waals surface area (Å²) in [6, 6.07) is 0. The van der Waals surface area contributed by atoms with E-state index in [2.05, 4.69) is 6.92 Å². The molecule has 74 valence electrons. The van der Waals surface area contributed by atoms with Crippen molar-refractivity contribution in [2.24, 2.45) is 0 Å². The number of hydrogen-bond donors (Lipinski definition) is 1. The first-order valence-electron chi connectivity index (χ1n) is 4.98. The second-order valence-electron chi connectivity index (χ2n) is 3.52. The topological polar surface area (TPSA) is 20.2 Å². The molecule has 0 radical (unpaired) electrons. The van der Waals surface area contributed by atoms with Crippen LogP contribution in [-0.4, -0.2) is 17.4 Å². The number of aliphatic hydroxyl groups excluding tert-OH is 1. The van der Waals surface area contributed by atoms with Crippen molar-refractivity contribution in [1.29, 1.82) is 0 Å². The van der Waals surface area contributed by atoms with Crippen molar-refractivity contribution >= 4 is 0 Å². The number of alkyl halides is 1. The maximum Gasteiger partial charge on any atom is 0.133 e. The van der Waals surface area contributed by atoms with E-state index in [1.165, 1.54) is 0 Å². The van der Waals surface area contributed by atoms with E-state index in [-0.39, 0.29) is 6.61 Å². The minimum absolute atomic E-state index is 0.315. The fraction of sp³-hybridized carbons (Fsp3) is 1.00. The normalized spacial score (nSPS) is 16.0. The highest BCUT2D eigenvalue weighted by Gasteiger charge is 2.26. The van der Waals surface area contributed by atoms with Gasteiger partial charge in [0.05, 0.1) is 6.61 Å². The van der Waals surface area contributed by atoms with Crippen LogP contribution in [0.25, 0.3) is 0 Å². The van der Waals surface area contributed by atoms with Crippen LogP contribution in [0.4, 0.5) is 4.39 Å².